The van der Waals surface area contributed by atoms with Crippen LogP contribution in [0, 0.1) is 6.92 Å². The molecular formula is C22H21N3O3. The Bertz CT molecular complexity index is 1100. The maximum Gasteiger partial charge on any atom is 0.259 e. The van der Waals surface area contributed by atoms with E-state index < -0.39 is 6.04 Å². The lowest BCUT2D eigenvalue weighted by molar-refractivity contribution is 0.0940. The minimum Gasteiger partial charge on any atom is -0.467 e. The summed E-state index contributed by atoms with van der Waals surface area (Å²) in [5.74, 6) is 0.582. The number of nitrogens with one attached hydrogen (secondary N) is 1. The number of aryl methyl sites for hydroxylation is 1. The van der Waals surface area contributed by atoms with Gasteiger partial charge in [-0.15, -0.1) is 0 Å². The summed E-state index contributed by atoms with van der Waals surface area (Å²) in [4.78, 5) is 17.8. The topological polar surface area (TPSA) is 81.2 Å². The number of rotatable bonds is 5. The number of hydrogen-bond donors (Lipinski definition) is 1. The molecule has 1 unspecified atom stereocenters. The molecule has 0 bridgehead atoms. The van der Waals surface area contributed by atoms with E-state index in [0.29, 0.717) is 28.1 Å². The number of carbonyl (C=O) groups is 1. The van der Waals surface area contributed by atoms with Crippen molar-refractivity contribution in [1.29, 1.82) is 0 Å². The Balaban J connectivity index is 1.77. The first-order valence-corrected chi connectivity index (χ1v) is 9.20. The van der Waals surface area contributed by atoms with Gasteiger partial charge in [-0.3, -0.25) is 4.79 Å². The van der Waals surface area contributed by atoms with Crippen molar-refractivity contribution in [3.63, 3.8) is 0 Å². The fourth-order valence-corrected chi connectivity index (χ4v) is 3.22. The molecule has 4 rings (SSSR count). The Kier molecular flexibility index (Phi) is 4.69. The first-order valence-electron chi connectivity index (χ1n) is 9.20. The normalized spacial score (nSPS) is 12.4. The van der Waals surface area contributed by atoms with Gasteiger partial charge >= 0.3 is 0 Å². The van der Waals surface area contributed by atoms with E-state index in [4.69, 9.17) is 8.94 Å². The molecule has 1 atom stereocenters. The monoisotopic (exact) mass is 375 g/mol. The summed E-state index contributed by atoms with van der Waals surface area (Å²) in [5, 5.41) is 7.72. The van der Waals surface area contributed by atoms with Crippen molar-refractivity contribution in [3.05, 3.63) is 83.1 Å². The number of furan rings is 1. The Morgan fingerprint density at radius 1 is 1.11 bits per heavy atom. The molecule has 1 amide bonds. The number of aromatic nitrogens is 2. The molecule has 0 aliphatic carbocycles. The molecule has 0 spiro atoms. The Labute approximate surface area is 162 Å². The van der Waals surface area contributed by atoms with Gasteiger partial charge in [0.1, 0.15) is 11.8 Å². The maximum atomic E-state index is 13.3. The lowest BCUT2D eigenvalue weighted by Crippen LogP contribution is -2.29. The van der Waals surface area contributed by atoms with E-state index in [9.17, 15) is 4.79 Å². The van der Waals surface area contributed by atoms with Crippen molar-refractivity contribution >= 4 is 17.0 Å². The molecule has 142 valence electrons. The van der Waals surface area contributed by atoms with Gasteiger partial charge < -0.3 is 14.3 Å². The van der Waals surface area contributed by atoms with E-state index >= 15 is 0 Å². The molecule has 6 nitrogen and oxygen atoms in total. The van der Waals surface area contributed by atoms with Crippen molar-refractivity contribution < 1.29 is 13.7 Å². The number of fused-ring (bicyclic) bond motifs is 1. The van der Waals surface area contributed by atoms with Crippen molar-refractivity contribution in [1.82, 2.24) is 15.5 Å². The van der Waals surface area contributed by atoms with E-state index in [-0.39, 0.29) is 11.8 Å². The van der Waals surface area contributed by atoms with Gasteiger partial charge in [-0.2, -0.15) is 0 Å². The summed E-state index contributed by atoms with van der Waals surface area (Å²) >= 11 is 0. The number of nitrogens with zero attached hydrogens (tertiary/aromatic N) is 2. The van der Waals surface area contributed by atoms with Crippen LogP contribution in [0.2, 0.25) is 0 Å². The molecule has 0 aliphatic heterocycles. The summed E-state index contributed by atoms with van der Waals surface area (Å²) in [7, 11) is 0. The summed E-state index contributed by atoms with van der Waals surface area (Å²) in [6.07, 6.45) is 1.60. The predicted molar refractivity (Wildman–Crippen MR) is 105 cm³/mol. The Morgan fingerprint density at radius 3 is 2.57 bits per heavy atom. The highest BCUT2D eigenvalue weighted by Crippen LogP contribution is 2.27. The molecule has 0 aliphatic rings. The van der Waals surface area contributed by atoms with Gasteiger partial charge in [-0.25, -0.2) is 4.98 Å². The Morgan fingerprint density at radius 2 is 1.89 bits per heavy atom. The van der Waals surface area contributed by atoms with Crippen LogP contribution in [0.4, 0.5) is 0 Å². The minimum atomic E-state index is -0.408. The molecule has 1 aromatic carbocycles. The number of carbonyl (C=O) groups excluding carboxylic acids is 1. The van der Waals surface area contributed by atoms with E-state index in [2.05, 4.69) is 15.5 Å². The van der Waals surface area contributed by atoms with Gasteiger partial charge in [-0.05, 0) is 36.6 Å². The average molecular weight is 375 g/mol. The first-order chi connectivity index (χ1) is 13.5. The van der Waals surface area contributed by atoms with Crippen molar-refractivity contribution in [2.24, 2.45) is 0 Å². The largest absolute Gasteiger partial charge is 0.467 e. The lowest BCUT2D eigenvalue weighted by atomic mass is 10.0. The van der Waals surface area contributed by atoms with Crippen LogP contribution in [0.1, 0.15) is 58.9 Å². The summed E-state index contributed by atoms with van der Waals surface area (Å²) in [6.45, 7) is 5.85. The van der Waals surface area contributed by atoms with Gasteiger partial charge in [0.2, 0.25) is 0 Å². The van der Waals surface area contributed by atoms with Gasteiger partial charge in [0.05, 0.1) is 22.9 Å². The predicted octanol–water partition coefficient (Wildman–Crippen LogP) is 4.77. The second kappa shape index (κ2) is 7.31. The van der Waals surface area contributed by atoms with Crippen LogP contribution in [-0.2, 0) is 0 Å². The molecule has 0 saturated carbocycles. The molecule has 3 aromatic heterocycles. The van der Waals surface area contributed by atoms with E-state index in [1.165, 1.54) is 0 Å². The van der Waals surface area contributed by atoms with E-state index in [1.54, 1.807) is 13.2 Å². The van der Waals surface area contributed by atoms with Gasteiger partial charge in [-0.1, -0.05) is 49.3 Å². The van der Waals surface area contributed by atoms with E-state index in [0.717, 1.165) is 11.3 Å². The van der Waals surface area contributed by atoms with Crippen molar-refractivity contribution in [2.45, 2.75) is 32.7 Å². The highest BCUT2D eigenvalue weighted by atomic mass is 16.5. The van der Waals surface area contributed by atoms with E-state index in [1.807, 2.05) is 62.4 Å². The molecule has 0 fully saturated rings. The molecule has 0 radical (unpaired) electrons. The van der Waals surface area contributed by atoms with Gasteiger partial charge in [0, 0.05) is 5.69 Å². The smallest absolute Gasteiger partial charge is 0.259 e. The number of amides is 1. The molecule has 28 heavy (non-hydrogen) atoms. The maximum absolute atomic E-state index is 13.3. The SMILES string of the molecule is Cc1noc2nc(C(C)C)cc(C(=O)NC(c3ccccc3)c3ccco3)c12. The summed E-state index contributed by atoms with van der Waals surface area (Å²) in [5.41, 5.74) is 3.23. The third-order valence-corrected chi connectivity index (χ3v) is 4.71. The molecule has 3 heterocycles. The van der Waals surface area contributed by atoms with Crippen LogP contribution in [0.3, 0.4) is 0 Å². The third-order valence-electron chi connectivity index (χ3n) is 4.71. The van der Waals surface area contributed by atoms with Crippen molar-refractivity contribution in [3.8, 4) is 0 Å². The number of pyridine rings is 1. The zero-order valence-electron chi connectivity index (χ0n) is 16.0. The molecule has 0 saturated heterocycles. The van der Waals surface area contributed by atoms with Crippen molar-refractivity contribution in [2.75, 3.05) is 0 Å². The molecular weight excluding hydrogens is 354 g/mol. The Hall–Kier alpha value is -3.41. The molecule has 4 aromatic rings. The average Bonchev–Trinajstić information content (AvgIpc) is 3.36. The van der Waals surface area contributed by atoms with Gasteiger partial charge in [0.25, 0.3) is 11.6 Å². The zero-order chi connectivity index (χ0) is 19.7. The highest BCUT2D eigenvalue weighted by Gasteiger charge is 2.24. The van der Waals surface area contributed by atoms with Crippen LogP contribution in [0.15, 0.2) is 63.7 Å². The van der Waals surface area contributed by atoms with Crippen LogP contribution < -0.4 is 5.32 Å². The third kappa shape index (κ3) is 3.29. The number of hydrogen-bond acceptors (Lipinski definition) is 5. The fraction of sp³-hybridized carbons (Fsp3) is 0.227. The quantitative estimate of drug-likeness (QED) is 0.543. The summed E-state index contributed by atoms with van der Waals surface area (Å²) < 4.78 is 10.9. The highest BCUT2D eigenvalue weighted by molar-refractivity contribution is 6.06. The van der Waals surface area contributed by atoms with Crippen LogP contribution in [0.5, 0.6) is 0 Å². The first kappa shape index (κ1) is 18.0. The number of benzene rings is 1. The van der Waals surface area contributed by atoms with Crippen LogP contribution in [-0.4, -0.2) is 16.0 Å². The molecule has 6 heteroatoms. The van der Waals surface area contributed by atoms with Gasteiger partial charge in [0.15, 0.2) is 0 Å². The second-order valence-electron chi connectivity index (χ2n) is 7.03. The molecule has 1 N–H and O–H groups in total. The second-order valence-corrected chi connectivity index (χ2v) is 7.03. The van der Waals surface area contributed by atoms with Crippen LogP contribution >= 0.6 is 0 Å². The van der Waals surface area contributed by atoms with Crippen LogP contribution in [0.25, 0.3) is 11.1 Å². The zero-order valence-corrected chi connectivity index (χ0v) is 16.0. The summed E-state index contributed by atoms with van der Waals surface area (Å²) in [6, 6.07) is 14.8. The standard InChI is InChI=1S/C22H21N3O3/c1-13(2)17-12-16(19-14(3)25-28-22(19)23-17)21(26)24-20(18-10-7-11-27-18)15-8-5-4-6-9-15/h4-13,20H,1-3H3,(H,24,26). The minimum absolute atomic E-state index is 0.149. The fourth-order valence-electron chi connectivity index (χ4n) is 3.22. The lowest BCUT2D eigenvalue weighted by Gasteiger charge is -2.18.